The van der Waals surface area contributed by atoms with Gasteiger partial charge in [-0.05, 0) is 0 Å². The monoisotopic (exact) mass is 280 g/mol. The second kappa shape index (κ2) is 8.45. The summed E-state index contributed by atoms with van der Waals surface area (Å²) in [5, 5.41) is 21.4. The number of carbonyl (C=O) groups is 3. The van der Waals surface area contributed by atoms with Gasteiger partial charge in [-0.3, -0.25) is 9.00 Å². The van der Waals surface area contributed by atoms with Gasteiger partial charge in [-0.1, -0.05) is 6.92 Å². The fraction of sp³-hybridized carbons (Fsp3) is 0.667. The van der Waals surface area contributed by atoms with Crippen molar-refractivity contribution in [2.45, 2.75) is 19.4 Å². The predicted molar refractivity (Wildman–Crippen MR) is 63.8 cm³/mol. The zero-order chi connectivity index (χ0) is 14.1. The third-order valence-corrected chi connectivity index (χ3v) is 3.22. The largest absolute Gasteiger partial charge is 0.481 e. The van der Waals surface area contributed by atoms with Crippen LogP contribution in [0.5, 0.6) is 0 Å². The van der Waals surface area contributed by atoms with Crippen molar-refractivity contribution in [3.05, 3.63) is 0 Å². The Kier molecular flexibility index (Phi) is 7.68. The van der Waals surface area contributed by atoms with Crippen molar-refractivity contribution >= 4 is 28.8 Å². The minimum atomic E-state index is -1.49. The lowest BCUT2D eigenvalue weighted by Gasteiger charge is -2.13. The fourth-order valence-electron chi connectivity index (χ4n) is 1.01. The summed E-state index contributed by atoms with van der Waals surface area (Å²) in [6.45, 7) is 1.87. The van der Waals surface area contributed by atoms with Gasteiger partial charge in [0.2, 0.25) is 0 Å². The molecule has 0 aliphatic heterocycles. The molecular weight excluding hydrogens is 264 g/mol. The van der Waals surface area contributed by atoms with Gasteiger partial charge in [-0.2, -0.15) is 0 Å². The van der Waals surface area contributed by atoms with Gasteiger partial charge in [0.05, 0.1) is 6.42 Å². The molecule has 0 aliphatic rings. The molecule has 2 amide bonds. The van der Waals surface area contributed by atoms with Crippen molar-refractivity contribution < 1.29 is 28.8 Å². The molecule has 0 heterocycles. The van der Waals surface area contributed by atoms with E-state index in [1.165, 1.54) is 0 Å². The first kappa shape index (κ1) is 16.4. The van der Waals surface area contributed by atoms with Gasteiger partial charge in [0.1, 0.15) is 6.04 Å². The van der Waals surface area contributed by atoms with E-state index >= 15 is 0 Å². The molecule has 0 aliphatic carbocycles. The number of amides is 2. The maximum Gasteiger partial charge on any atom is 0.326 e. The molecule has 0 fully saturated rings. The third kappa shape index (κ3) is 7.60. The molecule has 0 radical (unpaired) electrons. The van der Waals surface area contributed by atoms with Crippen molar-refractivity contribution in [1.29, 1.82) is 0 Å². The van der Waals surface area contributed by atoms with Gasteiger partial charge in [0.25, 0.3) is 0 Å². The standard InChI is InChI=1S/C9H16N2O6S/c1-2-18(17)4-3-10-9(16)11-6(8(14)15)5-7(12)13/h6H,2-5H2,1H3,(H,12,13)(H,14,15)(H2,10,11,16). The van der Waals surface area contributed by atoms with Gasteiger partial charge >= 0.3 is 18.0 Å². The second-order valence-electron chi connectivity index (χ2n) is 3.32. The van der Waals surface area contributed by atoms with Crippen LogP contribution in [-0.4, -0.2) is 56.5 Å². The molecule has 18 heavy (non-hydrogen) atoms. The smallest absolute Gasteiger partial charge is 0.326 e. The van der Waals surface area contributed by atoms with Gasteiger partial charge < -0.3 is 20.8 Å². The van der Waals surface area contributed by atoms with Crippen LogP contribution in [0.15, 0.2) is 0 Å². The van der Waals surface area contributed by atoms with E-state index in [9.17, 15) is 18.6 Å². The number of carbonyl (C=O) groups excluding carboxylic acids is 1. The maximum absolute atomic E-state index is 11.2. The quantitative estimate of drug-likeness (QED) is 0.450. The van der Waals surface area contributed by atoms with Crippen LogP contribution < -0.4 is 10.6 Å². The summed E-state index contributed by atoms with van der Waals surface area (Å²) >= 11 is 0. The molecule has 4 N–H and O–H groups in total. The molecule has 2 unspecified atom stereocenters. The molecule has 2 atom stereocenters. The maximum atomic E-state index is 11.2. The van der Waals surface area contributed by atoms with Crippen LogP contribution in [0, 0.1) is 0 Å². The van der Waals surface area contributed by atoms with E-state index in [0.29, 0.717) is 5.75 Å². The summed E-state index contributed by atoms with van der Waals surface area (Å²) in [6.07, 6.45) is -0.705. The van der Waals surface area contributed by atoms with E-state index in [-0.39, 0.29) is 12.3 Å². The number of rotatable bonds is 8. The van der Waals surface area contributed by atoms with Crippen LogP contribution in [0.3, 0.4) is 0 Å². The zero-order valence-electron chi connectivity index (χ0n) is 9.84. The van der Waals surface area contributed by atoms with Crippen LogP contribution in [0.4, 0.5) is 4.79 Å². The first-order chi connectivity index (χ1) is 8.36. The van der Waals surface area contributed by atoms with Crippen molar-refractivity contribution in [3.63, 3.8) is 0 Å². The van der Waals surface area contributed by atoms with Gasteiger partial charge in [0.15, 0.2) is 0 Å². The summed E-state index contributed by atoms with van der Waals surface area (Å²) in [5.74, 6) is -2.01. The van der Waals surface area contributed by atoms with E-state index < -0.39 is 41.2 Å². The Bertz CT molecular complexity index is 346. The van der Waals surface area contributed by atoms with Gasteiger partial charge in [-0.25, -0.2) is 9.59 Å². The molecule has 104 valence electrons. The van der Waals surface area contributed by atoms with Gasteiger partial charge in [-0.15, -0.1) is 0 Å². The normalized spacial score (nSPS) is 13.4. The fourth-order valence-corrected chi connectivity index (χ4v) is 1.63. The van der Waals surface area contributed by atoms with E-state index in [2.05, 4.69) is 5.32 Å². The van der Waals surface area contributed by atoms with E-state index in [4.69, 9.17) is 10.2 Å². The number of urea groups is 1. The molecule has 9 heteroatoms. The highest BCUT2D eigenvalue weighted by atomic mass is 32.2. The van der Waals surface area contributed by atoms with Crippen molar-refractivity contribution in [2.75, 3.05) is 18.1 Å². The SMILES string of the molecule is CCS(=O)CCNC(=O)NC(CC(=O)O)C(=O)O. The minimum Gasteiger partial charge on any atom is -0.481 e. The summed E-state index contributed by atoms with van der Waals surface area (Å²) in [4.78, 5) is 32.2. The Morgan fingerprint density at radius 1 is 1.28 bits per heavy atom. The molecule has 8 nitrogen and oxygen atoms in total. The summed E-state index contributed by atoms with van der Waals surface area (Å²) in [5.41, 5.74) is 0. The van der Waals surface area contributed by atoms with Crippen molar-refractivity contribution in [2.24, 2.45) is 0 Å². The second-order valence-corrected chi connectivity index (χ2v) is 5.19. The highest BCUT2D eigenvalue weighted by Crippen LogP contribution is 1.92. The first-order valence-corrected chi connectivity index (χ1v) is 6.69. The summed E-state index contributed by atoms with van der Waals surface area (Å²) < 4.78 is 11.0. The van der Waals surface area contributed by atoms with Crippen LogP contribution in [0.2, 0.25) is 0 Å². The van der Waals surface area contributed by atoms with E-state index in [0.717, 1.165) is 0 Å². The first-order valence-electron chi connectivity index (χ1n) is 5.20. The predicted octanol–water partition coefficient (Wildman–Crippen LogP) is -1.02. The molecule has 0 rings (SSSR count). The molecule has 0 saturated carbocycles. The number of hydrogen-bond donors (Lipinski definition) is 4. The number of carboxylic acid groups (broad SMARTS) is 2. The Balaban J connectivity index is 4.06. The Labute approximate surface area is 106 Å². The highest BCUT2D eigenvalue weighted by Gasteiger charge is 2.22. The van der Waals surface area contributed by atoms with Crippen LogP contribution >= 0.6 is 0 Å². The van der Waals surface area contributed by atoms with Crippen molar-refractivity contribution in [1.82, 2.24) is 10.6 Å². The van der Waals surface area contributed by atoms with E-state index in [1.807, 2.05) is 5.32 Å². The lowest BCUT2D eigenvalue weighted by atomic mass is 10.2. The van der Waals surface area contributed by atoms with E-state index in [1.54, 1.807) is 6.92 Å². The minimum absolute atomic E-state index is 0.131. The number of hydrogen-bond acceptors (Lipinski definition) is 4. The topological polar surface area (TPSA) is 133 Å². The molecule has 0 aromatic rings. The molecule has 0 aromatic heterocycles. The molecule has 0 aromatic carbocycles. The van der Waals surface area contributed by atoms with Crippen molar-refractivity contribution in [3.8, 4) is 0 Å². The number of carboxylic acids is 2. The Morgan fingerprint density at radius 2 is 1.89 bits per heavy atom. The average Bonchev–Trinajstić information content (AvgIpc) is 2.27. The highest BCUT2D eigenvalue weighted by molar-refractivity contribution is 7.84. The van der Waals surface area contributed by atoms with Gasteiger partial charge in [0, 0.05) is 28.9 Å². The molecule has 0 saturated heterocycles. The molecule has 0 spiro atoms. The molecular formula is C9H16N2O6S. The van der Waals surface area contributed by atoms with Crippen LogP contribution in [0.1, 0.15) is 13.3 Å². The Hall–Kier alpha value is -1.64. The third-order valence-electron chi connectivity index (χ3n) is 1.92. The van der Waals surface area contributed by atoms with Crippen LogP contribution in [-0.2, 0) is 20.4 Å². The summed E-state index contributed by atoms with van der Waals surface area (Å²) in [6, 6.07) is -2.28. The van der Waals surface area contributed by atoms with Crippen LogP contribution in [0.25, 0.3) is 0 Å². The Morgan fingerprint density at radius 3 is 2.33 bits per heavy atom. The number of nitrogens with one attached hydrogen (secondary N) is 2. The molecule has 0 bridgehead atoms. The zero-order valence-corrected chi connectivity index (χ0v) is 10.7. The summed E-state index contributed by atoms with van der Waals surface area (Å²) in [7, 11) is -1.03. The lowest BCUT2D eigenvalue weighted by Crippen LogP contribution is -2.47. The average molecular weight is 280 g/mol. The number of aliphatic carboxylic acids is 2. The lowest BCUT2D eigenvalue weighted by molar-refractivity contribution is -0.145.